The molecule has 17 heavy (non-hydrogen) atoms. The highest BCUT2D eigenvalue weighted by atomic mass is 16.1. The number of hydrogen-bond acceptors (Lipinski definition) is 4. The van der Waals surface area contributed by atoms with Crippen LogP contribution in [0.25, 0.3) is 0 Å². The van der Waals surface area contributed by atoms with Crippen LogP contribution in [0.15, 0.2) is 10.9 Å². The summed E-state index contributed by atoms with van der Waals surface area (Å²) in [5.41, 5.74) is 0.731. The van der Waals surface area contributed by atoms with Crippen molar-refractivity contribution >= 4 is 0 Å². The molecular weight excluding hydrogens is 216 g/mol. The van der Waals surface area contributed by atoms with Crippen LogP contribution in [0.1, 0.15) is 11.5 Å². The minimum atomic E-state index is -0.0562. The number of hydrogen-bond donors (Lipinski definition) is 1. The van der Waals surface area contributed by atoms with Crippen LogP contribution < -0.4 is 5.56 Å². The Labute approximate surface area is 101 Å². The van der Waals surface area contributed by atoms with E-state index in [9.17, 15) is 4.79 Å². The average Bonchev–Trinajstić information content (AvgIpc) is 2.22. The van der Waals surface area contributed by atoms with E-state index < -0.39 is 0 Å². The van der Waals surface area contributed by atoms with Gasteiger partial charge in [-0.05, 0) is 21.0 Å². The molecule has 5 heteroatoms. The molecule has 5 nitrogen and oxygen atoms in total. The van der Waals surface area contributed by atoms with Gasteiger partial charge in [0.05, 0.1) is 0 Å². The zero-order valence-corrected chi connectivity index (χ0v) is 10.7. The summed E-state index contributed by atoms with van der Waals surface area (Å²) < 4.78 is 0. The van der Waals surface area contributed by atoms with E-state index in [4.69, 9.17) is 0 Å². The smallest absolute Gasteiger partial charge is 0.251 e. The van der Waals surface area contributed by atoms with Crippen molar-refractivity contribution in [1.29, 1.82) is 0 Å². The summed E-state index contributed by atoms with van der Waals surface area (Å²) in [5, 5.41) is 0. The molecule has 1 aromatic heterocycles. The molecule has 1 saturated heterocycles. The fourth-order valence-corrected chi connectivity index (χ4v) is 2.28. The molecule has 0 radical (unpaired) electrons. The summed E-state index contributed by atoms with van der Waals surface area (Å²) in [5.74, 6) is 0.794. The van der Waals surface area contributed by atoms with Crippen molar-refractivity contribution in [3.63, 3.8) is 0 Å². The minimum Gasteiger partial charge on any atom is -0.310 e. The van der Waals surface area contributed by atoms with Gasteiger partial charge >= 0.3 is 0 Å². The van der Waals surface area contributed by atoms with Crippen LogP contribution in [0.3, 0.4) is 0 Å². The van der Waals surface area contributed by atoms with E-state index in [1.165, 1.54) is 6.07 Å². The van der Waals surface area contributed by atoms with Gasteiger partial charge in [0.1, 0.15) is 5.82 Å². The summed E-state index contributed by atoms with van der Waals surface area (Å²) in [6, 6.07) is 1.96. The van der Waals surface area contributed by atoms with Crippen LogP contribution in [0, 0.1) is 6.92 Å². The Morgan fingerprint density at radius 3 is 2.94 bits per heavy atom. The third kappa shape index (κ3) is 3.14. The molecule has 1 aliphatic heterocycles. The summed E-state index contributed by atoms with van der Waals surface area (Å²) >= 11 is 0. The Kier molecular flexibility index (Phi) is 3.59. The van der Waals surface area contributed by atoms with Gasteiger partial charge in [0, 0.05) is 43.9 Å². The average molecular weight is 236 g/mol. The number of H-pyrrole nitrogens is 1. The molecule has 2 rings (SSSR count). The lowest BCUT2D eigenvalue weighted by Crippen LogP contribution is -2.51. The second-order valence-electron chi connectivity index (χ2n) is 4.93. The van der Waals surface area contributed by atoms with Crippen LogP contribution >= 0.6 is 0 Å². The molecule has 0 saturated carbocycles. The predicted octanol–water partition coefficient (Wildman–Crippen LogP) is -0.133. The summed E-state index contributed by atoms with van der Waals surface area (Å²) in [6.07, 6.45) is 0.803. The largest absolute Gasteiger partial charge is 0.310 e. The Morgan fingerprint density at radius 2 is 2.24 bits per heavy atom. The van der Waals surface area contributed by atoms with E-state index in [2.05, 4.69) is 33.9 Å². The van der Waals surface area contributed by atoms with E-state index in [1.807, 2.05) is 6.92 Å². The molecule has 1 atom stereocenters. The molecular formula is C12H20N4O. The lowest BCUT2D eigenvalue weighted by atomic mass is 10.1. The second-order valence-corrected chi connectivity index (χ2v) is 4.93. The Morgan fingerprint density at radius 1 is 1.47 bits per heavy atom. The molecule has 1 fully saturated rings. The number of aromatic nitrogens is 2. The topological polar surface area (TPSA) is 52.2 Å². The van der Waals surface area contributed by atoms with E-state index in [0.29, 0.717) is 6.04 Å². The molecule has 2 heterocycles. The van der Waals surface area contributed by atoms with Crippen molar-refractivity contribution in [2.24, 2.45) is 0 Å². The summed E-state index contributed by atoms with van der Waals surface area (Å²) in [6.45, 7) is 5.05. The van der Waals surface area contributed by atoms with Gasteiger partial charge in [0.25, 0.3) is 5.56 Å². The Balaban J connectivity index is 2.11. The molecule has 0 bridgehead atoms. The highest BCUT2D eigenvalue weighted by Gasteiger charge is 2.23. The first-order valence-electron chi connectivity index (χ1n) is 6.00. The monoisotopic (exact) mass is 236 g/mol. The number of likely N-dealkylation sites (N-methyl/N-ethyl adjacent to an activating group) is 2. The van der Waals surface area contributed by atoms with E-state index in [1.54, 1.807) is 0 Å². The molecule has 94 valence electrons. The predicted molar refractivity (Wildman–Crippen MR) is 67.2 cm³/mol. The van der Waals surface area contributed by atoms with E-state index in [-0.39, 0.29) is 5.56 Å². The zero-order chi connectivity index (χ0) is 12.4. The molecule has 0 aromatic carbocycles. The number of aromatic amines is 1. The van der Waals surface area contributed by atoms with Crippen molar-refractivity contribution in [2.75, 3.05) is 33.7 Å². The fourth-order valence-electron chi connectivity index (χ4n) is 2.28. The molecule has 0 amide bonds. The van der Waals surface area contributed by atoms with Crippen molar-refractivity contribution in [2.45, 2.75) is 19.4 Å². The maximum absolute atomic E-state index is 11.4. The maximum Gasteiger partial charge on any atom is 0.251 e. The summed E-state index contributed by atoms with van der Waals surface area (Å²) in [4.78, 5) is 23.2. The van der Waals surface area contributed by atoms with Crippen molar-refractivity contribution < 1.29 is 0 Å². The molecule has 1 aromatic rings. The van der Waals surface area contributed by atoms with Crippen molar-refractivity contribution in [3.05, 3.63) is 27.9 Å². The minimum absolute atomic E-state index is 0.0562. The van der Waals surface area contributed by atoms with Crippen molar-refractivity contribution in [3.8, 4) is 0 Å². The Bertz CT molecular complexity index is 442. The third-order valence-corrected chi connectivity index (χ3v) is 3.33. The van der Waals surface area contributed by atoms with Gasteiger partial charge < -0.3 is 14.8 Å². The van der Waals surface area contributed by atoms with Gasteiger partial charge in [-0.3, -0.25) is 4.79 Å². The second kappa shape index (κ2) is 4.98. The van der Waals surface area contributed by atoms with Crippen molar-refractivity contribution in [1.82, 2.24) is 19.8 Å². The number of piperazine rings is 1. The van der Waals surface area contributed by atoms with Crippen LogP contribution in [0.5, 0.6) is 0 Å². The zero-order valence-electron chi connectivity index (χ0n) is 10.7. The number of rotatable bonds is 2. The molecule has 1 unspecified atom stereocenters. The van der Waals surface area contributed by atoms with E-state index in [0.717, 1.165) is 37.6 Å². The fraction of sp³-hybridized carbons (Fsp3) is 0.667. The molecule has 1 N–H and O–H groups in total. The van der Waals surface area contributed by atoms with E-state index >= 15 is 0 Å². The Hall–Kier alpha value is -1.20. The maximum atomic E-state index is 11.4. The third-order valence-electron chi connectivity index (χ3n) is 3.33. The van der Waals surface area contributed by atoms with Gasteiger partial charge in [0.2, 0.25) is 0 Å². The number of nitrogens with zero attached hydrogens (tertiary/aromatic N) is 3. The lowest BCUT2D eigenvalue weighted by Gasteiger charge is -2.37. The quantitative estimate of drug-likeness (QED) is 0.777. The molecule has 0 spiro atoms. The van der Waals surface area contributed by atoms with Gasteiger partial charge in [-0.25, -0.2) is 4.98 Å². The van der Waals surface area contributed by atoms with Gasteiger partial charge in [-0.2, -0.15) is 0 Å². The highest BCUT2D eigenvalue weighted by Crippen LogP contribution is 2.09. The first-order valence-corrected chi connectivity index (χ1v) is 6.00. The van der Waals surface area contributed by atoms with Gasteiger partial charge in [0.15, 0.2) is 0 Å². The van der Waals surface area contributed by atoms with Crippen LogP contribution in [0.4, 0.5) is 0 Å². The van der Waals surface area contributed by atoms with Crippen LogP contribution in [-0.4, -0.2) is 59.5 Å². The highest BCUT2D eigenvalue weighted by molar-refractivity contribution is 5.02. The normalized spacial score (nSPS) is 22.9. The number of nitrogens with one attached hydrogen (secondary N) is 1. The lowest BCUT2D eigenvalue weighted by molar-refractivity contribution is 0.113. The molecule has 0 aliphatic carbocycles. The van der Waals surface area contributed by atoms with Crippen LogP contribution in [0.2, 0.25) is 0 Å². The first kappa shape index (κ1) is 12.3. The number of aryl methyl sites for hydroxylation is 1. The first-order chi connectivity index (χ1) is 8.04. The molecule has 1 aliphatic rings. The standard InChI is InChI=1S/C12H20N4O/c1-9-6-12(17)14-11(13-9)7-10-8-15(2)4-5-16(10)3/h6,10H,4-5,7-8H2,1-3H3,(H,13,14,17). The van der Waals surface area contributed by atoms with Gasteiger partial charge in [-0.1, -0.05) is 0 Å². The van der Waals surface area contributed by atoms with Crippen LogP contribution in [-0.2, 0) is 6.42 Å². The van der Waals surface area contributed by atoms with Gasteiger partial charge in [-0.15, -0.1) is 0 Å². The SMILES string of the molecule is Cc1cc(=O)[nH]c(CC2CN(C)CCN2C)n1. The summed E-state index contributed by atoms with van der Waals surface area (Å²) in [7, 11) is 4.26.